The predicted molar refractivity (Wildman–Crippen MR) is 495 cm³/mol. The first-order valence-electron chi connectivity index (χ1n) is 42.4. The molecule has 0 N–H and O–H groups in total. The molecule has 0 spiro atoms. The molecule has 10 rings (SSSR count). The topological polar surface area (TPSA) is 309 Å². The lowest BCUT2D eigenvalue weighted by Gasteiger charge is -2.25. The lowest BCUT2D eigenvalue weighted by atomic mass is 9.86. The highest BCUT2D eigenvalue weighted by atomic mass is 19.4. The number of ether oxygens (including phenoxy) is 8. The Morgan fingerprint density at radius 1 is 0.346 bits per heavy atom. The van der Waals surface area contributed by atoms with Gasteiger partial charge in [0, 0.05) is 55.9 Å². The fourth-order valence-corrected chi connectivity index (χ4v) is 13.0. The largest absolute Gasteiger partial charge is 0.491 e. The van der Waals surface area contributed by atoms with Crippen LogP contribution < -0.4 is 0 Å². The van der Waals surface area contributed by atoms with E-state index in [-0.39, 0.29) is 45.4 Å². The van der Waals surface area contributed by atoms with E-state index in [0.29, 0.717) is 91.1 Å². The van der Waals surface area contributed by atoms with Gasteiger partial charge in [-0.2, -0.15) is 54.6 Å². The Hall–Kier alpha value is -14.1. The van der Waals surface area contributed by atoms with Crippen molar-refractivity contribution in [2.24, 2.45) is 33.6 Å². The van der Waals surface area contributed by atoms with E-state index in [1.807, 2.05) is 202 Å². The lowest BCUT2D eigenvalue weighted by molar-refractivity contribution is -0.216. The number of allylic oxidation sites excluding steroid dienone is 4. The van der Waals surface area contributed by atoms with E-state index in [9.17, 15) is 53.4 Å². The first-order chi connectivity index (χ1) is 60.7. The van der Waals surface area contributed by atoms with Crippen LogP contribution in [0.15, 0.2) is 182 Å². The summed E-state index contributed by atoms with van der Waals surface area (Å²) in [7, 11) is 6.97. The van der Waals surface area contributed by atoms with Crippen LogP contribution in [0, 0.1) is 78.4 Å². The molecule has 27 heteroatoms. The standard InChI is InChI=1S/C28H31N3O3.C27H29N3O3.C26H35N3O3.C22H24F3N3O3/c1-19-16-25(31(6)30-19)27(24(18-29)22-12-14-23(15-13-22)28(3,4)5)34-20(2)33-26(32)17-21-10-8-7-9-11-21;1-18-16-24(30(6)29-18)25(32-19(2)33-26(31)21-10-8-7-9-11-21)23(17-28)20-12-14-22(15-13-20)27(3,4)5;1-10-26(7,8)24(30)32-18(3)31-23(22-15-17(2)28-29(22)9)21(16-27)19-11-13-20(14-12-19)25(4,5)6;1-13-11-18(28(6)27-13)19(30-14(2)31-20(29)22(23,24)25)17(12-26)15-7-9-16(10-8-15)21(3,4)5/h7-16,20H,17H2,1-6H3;7-16,19H,1-6H3;11-15,18H,10H2,1-9H3;7-11,14H,1-6H3/b27-24-;25-23-;23-21-;19-17-. The maximum absolute atomic E-state index is 12.6. The summed E-state index contributed by atoms with van der Waals surface area (Å²) in [5, 5.41) is 57.5. The Morgan fingerprint density at radius 2 is 0.592 bits per heavy atom. The van der Waals surface area contributed by atoms with E-state index in [2.05, 4.69) is 112 Å². The van der Waals surface area contributed by atoms with Gasteiger partial charge in [0.15, 0.2) is 23.0 Å². The molecule has 10 aromatic rings. The molecule has 4 aromatic heterocycles. The molecule has 0 radical (unpaired) electrons. The van der Waals surface area contributed by atoms with E-state index >= 15 is 0 Å². The van der Waals surface area contributed by atoms with Gasteiger partial charge < -0.3 is 37.9 Å². The molecule has 4 unspecified atom stereocenters. The summed E-state index contributed by atoms with van der Waals surface area (Å²) >= 11 is 0. The summed E-state index contributed by atoms with van der Waals surface area (Å²) in [4.78, 5) is 48.7. The number of hydrogen-bond acceptors (Lipinski definition) is 20. The van der Waals surface area contributed by atoms with Crippen LogP contribution in [0.2, 0.25) is 0 Å². The second kappa shape index (κ2) is 44.1. The number of halogens is 3. The Kier molecular flexibility index (Phi) is 35.0. The summed E-state index contributed by atoms with van der Waals surface area (Å²) < 4.78 is 88.8. The van der Waals surface area contributed by atoms with Crippen molar-refractivity contribution in [1.82, 2.24) is 39.1 Å². The van der Waals surface area contributed by atoms with Crippen molar-refractivity contribution in [3.63, 3.8) is 0 Å². The number of nitriles is 4. The second-order valence-electron chi connectivity index (χ2n) is 36.0. The molecule has 130 heavy (non-hydrogen) atoms. The number of nitrogens with zero attached hydrogens (tertiary/aromatic N) is 12. The second-order valence-corrected chi connectivity index (χ2v) is 36.0. The summed E-state index contributed by atoms with van der Waals surface area (Å²) in [6.07, 6.45) is -8.69. The molecule has 24 nitrogen and oxygen atoms in total. The van der Waals surface area contributed by atoms with Crippen LogP contribution in [-0.4, -0.2) is 94.3 Å². The van der Waals surface area contributed by atoms with Crippen molar-refractivity contribution >= 4 is 69.2 Å². The van der Waals surface area contributed by atoms with Crippen molar-refractivity contribution in [2.75, 3.05) is 0 Å². The minimum atomic E-state index is -5.16. The maximum Gasteiger partial charge on any atom is 0.491 e. The molecule has 0 fully saturated rings. The number of rotatable bonds is 25. The van der Waals surface area contributed by atoms with E-state index in [0.717, 1.165) is 51.8 Å². The normalized spacial score (nSPS) is 13.4. The van der Waals surface area contributed by atoms with E-state index in [4.69, 9.17) is 33.2 Å². The van der Waals surface area contributed by atoms with Gasteiger partial charge >= 0.3 is 30.1 Å². The van der Waals surface area contributed by atoms with E-state index in [1.54, 1.807) is 112 Å². The van der Waals surface area contributed by atoms with Crippen LogP contribution in [-0.2, 0) is 109 Å². The number of esters is 4. The van der Waals surface area contributed by atoms with Gasteiger partial charge in [-0.1, -0.05) is 236 Å². The van der Waals surface area contributed by atoms with Crippen LogP contribution in [0.1, 0.15) is 244 Å². The molecule has 4 atom stereocenters. The van der Waals surface area contributed by atoms with Gasteiger partial charge in [0.05, 0.1) is 40.2 Å². The Labute approximate surface area is 761 Å². The molecule has 0 amide bonds. The molecule has 0 aliphatic heterocycles. The van der Waals surface area contributed by atoms with Crippen LogP contribution >= 0.6 is 0 Å². The predicted octanol–water partition coefficient (Wildman–Crippen LogP) is 21.8. The average Bonchev–Trinajstić information content (AvgIpc) is 1.58. The van der Waals surface area contributed by atoms with Crippen molar-refractivity contribution in [1.29, 1.82) is 21.0 Å². The zero-order valence-corrected chi connectivity index (χ0v) is 79.4. The zero-order valence-electron chi connectivity index (χ0n) is 79.4. The zero-order chi connectivity index (χ0) is 96.9. The molecular formula is C103H119F3N12O12. The summed E-state index contributed by atoms with van der Waals surface area (Å²) in [6.45, 7) is 44.4. The fourth-order valence-electron chi connectivity index (χ4n) is 13.0. The summed E-state index contributed by atoms with van der Waals surface area (Å²) in [6, 6.07) is 64.9. The Bertz CT molecular complexity index is 5920. The number of alkyl halides is 3. The molecule has 0 saturated carbocycles. The first kappa shape index (κ1) is 103. The third-order valence-corrected chi connectivity index (χ3v) is 20.6. The lowest BCUT2D eigenvalue weighted by Crippen LogP contribution is -2.30. The van der Waals surface area contributed by atoms with Crippen LogP contribution in [0.4, 0.5) is 13.2 Å². The molecule has 6 aromatic carbocycles. The van der Waals surface area contributed by atoms with Gasteiger partial charge in [0.1, 0.15) is 69.3 Å². The monoisotopic (exact) mass is 1770 g/mol. The van der Waals surface area contributed by atoms with Gasteiger partial charge in [-0.05, 0) is 156 Å². The number of carbonyl (C=O) groups is 4. The van der Waals surface area contributed by atoms with Crippen LogP contribution in [0.25, 0.3) is 45.3 Å². The molecule has 684 valence electrons. The highest BCUT2D eigenvalue weighted by molar-refractivity contribution is 5.97. The number of aryl methyl sites for hydroxylation is 8. The maximum atomic E-state index is 12.6. The highest BCUT2D eigenvalue weighted by Crippen LogP contribution is 2.38. The molecule has 0 aliphatic carbocycles. The third kappa shape index (κ3) is 28.7. The number of benzene rings is 6. The van der Waals surface area contributed by atoms with E-state index < -0.39 is 54.7 Å². The number of hydrogen-bond donors (Lipinski definition) is 0. The Balaban J connectivity index is 0.000000237. The molecule has 4 heterocycles. The summed E-state index contributed by atoms with van der Waals surface area (Å²) in [5.74, 6) is -2.74. The fraction of sp³-hybridized carbons (Fsp3) is 0.379. The van der Waals surface area contributed by atoms with Crippen LogP contribution in [0.5, 0.6) is 0 Å². The van der Waals surface area contributed by atoms with Crippen LogP contribution in [0.3, 0.4) is 0 Å². The van der Waals surface area contributed by atoms with Gasteiger partial charge in [0.25, 0.3) is 0 Å². The van der Waals surface area contributed by atoms with E-state index in [1.165, 1.54) is 10.2 Å². The minimum absolute atomic E-state index is 0.00231. The average molecular weight is 1770 g/mol. The summed E-state index contributed by atoms with van der Waals surface area (Å²) in [5.41, 5.74) is 14.0. The number of carbonyl (C=O) groups excluding carboxylic acids is 4. The van der Waals surface area contributed by atoms with Gasteiger partial charge in [-0.15, -0.1) is 0 Å². The van der Waals surface area contributed by atoms with Crippen molar-refractivity contribution < 1.29 is 70.2 Å². The highest BCUT2D eigenvalue weighted by Gasteiger charge is 2.43. The number of aromatic nitrogens is 8. The van der Waals surface area contributed by atoms with Crippen molar-refractivity contribution in [2.45, 2.75) is 225 Å². The smallest absolute Gasteiger partial charge is 0.451 e. The minimum Gasteiger partial charge on any atom is -0.451 e. The van der Waals surface area contributed by atoms with Crippen molar-refractivity contribution in [3.05, 3.63) is 283 Å². The molecule has 0 bridgehead atoms. The molecular weight excluding hydrogens is 1650 g/mol. The van der Waals surface area contributed by atoms with Crippen molar-refractivity contribution in [3.8, 4) is 24.3 Å². The third-order valence-electron chi connectivity index (χ3n) is 20.6. The van der Waals surface area contributed by atoms with Gasteiger partial charge in [-0.25, -0.2) is 9.59 Å². The SMILES string of the molecule is CCC(C)(C)C(=O)OC(C)O/C(=C(/C#N)c1ccc(C(C)(C)C)cc1)c1cc(C)nn1C.Cc1cc(/C(OC(C)OC(=O)C(F)(F)F)=C(\C#N)c2ccc(C(C)(C)C)cc2)n(C)n1.Cc1cc(/C(OC(C)OC(=O)Cc2ccccc2)=C(\C#N)c2ccc(C(C)(C)C)cc2)n(C)n1.Cc1cc(/C(OC(C)OC(=O)c2ccccc2)=C(\C#N)c2ccc(C(C)(C)C)cc2)n(C)n1. The Morgan fingerprint density at radius 3 is 0.823 bits per heavy atom. The molecule has 0 aliphatic rings. The van der Waals surface area contributed by atoms with Gasteiger partial charge in [-0.3, -0.25) is 28.3 Å². The quantitative estimate of drug-likeness (QED) is 0.0169. The molecule has 0 saturated heterocycles. The first-order valence-corrected chi connectivity index (χ1v) is 42.4. The van der Waals surface area contributed by atoms with Gasteiger partial charge in [0.2, 0.25) is 25.2 Å².